The molecule has 0 saturated carbocycles. The number of aromatic nitrogens is 3. The second-order valence-electron chi connectivity index (χ2n) is 35.0. The summed E-state index contributed by atoms with van der Waals surface area (Å²) in [5, 5.41) is 0. The minimum absolute atomic E-state index is 0.0773. The number of anilines is 2. The summed E-state index contributed by atoms with van der Waals surface area (Å²) >= 11 is 0. The van der Waals surface area contributed by atoms with Gasteiger partial charge in [0.25, 0.3) is 0 Å². The molecule has 14 nitrogen and oxygen atoms in total. The second kappa shape index (κ2) is 61.2. The first-order valence-electron chi connectivity index (χ1n) is 48.4. The number of hydrogen-bond donors (Lipinski definition) is 2. The number of hydrogen-bond acceptors (Lipinski definition) is 14. The van der Waals surface area contributed by atoms with Gasteiger partial charge in [-0.3, -0.25) is 0 Å². The summed E-state index contributed by atoms with van der Waals surface area (Å²) in [6, 6.07) is 25.2. The molecule has 0 unspecified atom stereocenters. The van der Waals surface area contributed by atoms with Gasteiger partial charge < -0.3 is 54.1 Å². The predicted octanol–water partition coefficient (Wildman–Crippen LogP) is 30.8. The summed E-state index contributed by atoms with van der Waals surface area (Å²) in [6.07, 6.45) is 61.0. The molecule has 1 heterocycles. The third-order valence-corrected chi connectivity index (χ3v) is 23.7. The Hall–Kier alpha value is -8.13. The molecule has 5 aromatic carbocycles. The van der Waals surface area contributed by atoms with Crippen molar-refractivity contribution in [2.75, 3.05) is 70.9 Å². The lowest BCUT2D eigenvalue weighted by Crippen LogP contribution is -2.10. The van der Waals surface area contributed by atoms with E-state index in [2.05, 4.69) is 216 Å². The molecular weight excluding hydrogens is 1500 g/mol. The van der Waals surface area contributed by atoms with Crippen LogP contribution < -0.4 is 54.1 Å². The van der Waals surface area contributed by atoms with Crippen molar-refractivity contribution in [3.05, 3.63) is 117 Å². The fourth-order valence-electron chi connectivity index (χ4n) is 13.8. The number of benzene rings is 5. The van der Waals surface area contributed by atoms with Crippen molar-refractivity contribution in [1.82, 2.24) is 15.0 Å². The molecule has 14 heteroatoms. The average Bonchev–Trinajstić information content (AvgIpc) is 0.808. The molecule has 6 aromatic rings. The van der Waals surface area contributed by atoms with Crippen LogP contribution in [0.25, 0.3) is 60.0 Å². The Bertz CT molecular complexity index is 3840. The van der Waals surface area contributed by atoms with Crippen LogP contribution in [0, 0.1) is 35.5 Å². The Morgan fingerprint density at radius 3 is 0.736 bits per heavy atom. The summed E-state index contributed by atoms with van der Waals surface area (Å²) in [5.74, 6) is 9.27. The highest BCUT2D eigenvalue weighted by Gasteiger charge is 2.21. The maximum Gasteiger partial charge on any atom is 0.225 e. The van der Waals surface area contributed by atoms with Crippen LogP contribution in [0.15, 0.2) is 72.8 Å². The molecule has 0 aliphatic carbocycles. The van der Waals surface area contributed by atoms with Crippen LogP contribution >= 0.6 is 0 Å². The van der Waals surface area contributed by atoms with E-state index in [-0.39, 0.29) is 11.9 Å². The van der Waals surface area contributed by atoms with Gasteiger partial charge in [0.15, 0.2) is 17.3 Å². The molecule has 0 spiro atoms. The molecule has 1 aromatic heterocycles. The van der Waals surface area contributed by atoms with Crippen LogP contribution in [0.5, 0.6) is 51.7 Å². The van der Waals surface area contributed by atoms with Gasteiger partial charge in [-0.05, 0) is 114 Å². The van der Waals surface area contributed by atoms with E-state index in [9.17, 15) is 0 Å². The normalized spacial score (nSPS) is 13.3. The van der Waals surface area contributed by atoms with Gasteiger partial charge in [0.2, 0.25) is 17.6 Å². The molecule has 0 amide bonds. The van der Waals surface area contributed by atoms with Gasteiger partial charge in [0, 0.05) is 38.9 Å². The third-order valence-electron chi connectivity index (χ3n) is 23.7. The maximum absolute atomic E-state index is 7.00. The van der Waals surface area contributed by atoms with Crippen molar-refractivity contribution in [3.63, 3.8) is 0 Å². The molecule has 0 radical (unpaired) electrons. The Morgan fingerprint density at radius 2 is 0.479 bits per heavy atom. The minimum atomic E-state index is 0.0773. The lowest BCUT2D eigenvalue weighted by Gasteiger charge is -2.20. The van der Waals surface area contributed by atoms with Crippen LogP contribution in [0.3, 0.4) is 0 Å². The lowest BCUT2D eigenvalue weighted by atomic mass is 10.0. The van der Waals surface area contributed by atoms with Gasteiger partial charge in [0.1, 0.15) is 34.5 Å². The number of nitrogens with two attached hydrogens (primary N) is 2. The SMILES string of the molecule is CCCCCCCCCCCCOc1cc(/C=C/c2cc(OC[C@@H](C)CC)c(/C=C/c3cc(OC[C@@H](C)CC)c(/C=C/c4cc(OC[C@@H](C)CC)c(/C=C/c5ccc(-c6nc(N)nc(N)n6)cc5)cc4OC[C@@H](C)CC)cc3OC[C@@H](C)CC)cc2OC[C@@H](C)CC)cc(OCCCCCCCCCCCC)c1OCCCCCCCCCCCC. The largest absolute Gasteiger partial charge is 0.493 e. The molecule has 0 aliphatic rings. The number of rotatable bonds is 69. The van der Waals surface area contributed by atoms with Gasteiger partial charge in [0.05, 0.1) is 59.5 Å². The molecule has 672 valence electrons. The Labute approximate surface area is 735 Å². The van der Waals surface area contributed by atoms with Gasteiger partial charge >= 0.3 is 0 Å². The van der Waals surface area contributed by atoms with Gasteiger partial charge in [-0.15, -0.1) is 0 Å². The first-order chi connectivity index (χ1) is 58.9. The molecule has 121 heavy (non-hydrogen) atoms. The van der Waals surface area contributed by atoms with Crippen LogP contribution in [-0.2, 0) is 0 Å². The molecule has 0 fully saturated rings. The van der Waals surface area contributed by atoms with Gasteiger partial charge in [-0.25, -0.2) is 0 Å². The molecule has 0 aliphatic heterocycles. The highest BCUT2D eigenvalue weighted by atomic mass is 16.5. The minimum Gasteiger partial charge on any atom is -0.493 e. The van der Waals surface area contributed by atoms with Crippen molar-refractivity contribution in [3.8, 4) is 63.1 Å². The van der Waals surface area contributed by atoms with Crippen molar-refractivity contribution in [1.29, 1.82) is 0 Å². The number of ether oxygens (including phenoxy) is 9. The van der Waals surface area contributed by atoms with Crippen molar-refractivity contribution in [2.45, 2.75) is 335 Å². The van der Waals surface area contributed by atoms with E-state index < -0.39 is 0 Å². The summed E-state index contributed by atoms with van der Waals surface area (Å²) in [4.78, 5) is 12.6. The predicted molar refractivity (Wildman–Crippen MR) is 517 cm³/mol. The van der Waals surface area contributed by atoms with E-state index in [1.54, 1.807) is 0 Å². The highest BCUT2D eigenvalue weighted by Crippen LogP contribution is 2.43. The lowest BCUT2D eigenvalue weighted by molar-refractivity contribution is 0.234. The summed E-state index contributed by atoms with van der Waals surface area (Å²) in [6.45, 7) is 38.7. The molecule has 0 bridgehead atoms. The van der Waals surface area contributed by atoms with Crippen molar-refractivity contribution >= 4 is 60.5 Å². The Morgan fingerprint density at radius 1 is 0.248 bits per heavy atom. The molecule has 6 rings (SSSR count). The summed E-state index contributed by atoms with van der Waals surface area (Å²) in [7, 11) is 0. The van der Waals surface area contributed by atoms with E-state index in [1.165, 1.54) is 154 Å². The zero-order valence-electron chi connectivity index (χ0n) is 78.5. The van der Waals surface area contributed by atoms with Crippen LogP contribution in [0.2, 0.25) is 0 Å². The first-order valence-corrected chi connectivity index (χ1v) is 48.4. The Balaban J connectivity index is 1.46. The van der Waals surface area contributed by atoms with Gasteiger partial charge in [-0.1, -0.05) is 389 Å². The van der Waals surface area contributed by atoms with Gasteiger partial charge in [-0.2, -0.15) is 15.0 Å². The standard InChI is InChI=1S/C107H165N5O9/c1-16-25-28-31-34-37-40-43-46-49-64-113-102-67-88(68-103(114-65-50-47-44-41-38-35-32-29-26-17-2)104(102)115-66-51-48-45-42-39-36-33-30-27-18-3)55-59-91-70-99(119-78-84(13)22-7)93(72-97(91)117-76-82(11)20-5)61-63-95-74-100(120-79-85(14)23-8)94(73-101(95)121-80-86(15)24-9)62-60-92-71-96(116-75-81(10)19-4)90(69-98(92)118-77-83(12)21-6)58-54-87-52-56-89(57-53-87)105-110-106(108)112-107(109)111-105/h52-63,67-74,81-86H,16-51,64-66,75-80H2,1-15H3,(H4,108,109,110,111,112)/b58-54+,59-55+,62-60+,63-61+/t81-,82-,83-,84-,85-,86-/m0/s1. The molecule has 0 saturated heterocycles. The monoisotopic (exact) mass is 1660 g/mol. The fourth-order valence-corrected chi connectivity index (χ4v) is 13.8. The third kappa shape index (κ3) is 40.4. The van der Waals surface area contributed by atoms with Crippen molar-refractivity contribution < 1.29 is 42.6 Å². The summed E-state index contributed by atoms with van der Waals surface area (Å²) in [5.41, 5.74) is 20.0. The van der Waals surface area contributed by atoms with Crippen molar-refractivity contribution in [2.24, 2.45) is 35.5 Å². The highest BCUT2D eigenvalue weighted by molar-refractivity contribution is 5.84. The van der Waals surface area contributed by atoms with E-state index >= 15 is 0 Å². The quantitative estimate of drug-likeness (QED) is 0.0273. The average molecular weight is 1670 g/mol. The van der Waals surface area contributed by atoms with Crippen LogP contribution in [0.1, 0.15) is 380 Å². The van der Waals surface area contributed by atoms with E-state index in [4.69, 9.17) is 54.1 Å². The number of nitrogens with zero attached hydrogens (tertiary/aromatic N) is 3. The molecular formula is C107H165N5O9. The molecule has 6 atom stereocenters. The topological polar surface area (TPSA) is 174 Å². The van der Waals surface area contributed by atoms with E-state index in [1.807, 2.05) is 24.3 Å². The van der Waals surface area contributed by atoms with Crippen LogP contribution in [0.4, 0.5) is 11.9 Å². The number of unbranched alkanes of at least 4 members (excludes halogenated alkanes) is 27. The molecule has 4 N–H and O–H groups in total. The number of nitrogen functional groups attached to an aromatic ring is 2. The van der Waals surface area contributed by atoms with E-state index in [0.717, 1.165) is 179 Å². The van der Waals surface area contributed by atoms with Crippen LogP contribution in [-0.4, -0.2) is 74.4 Å². The Kier molecular flexibility index (Phi) is 51.4. The van der Waals surface area contributed by atoms with E-state index in [0.29, 0.717) is 101 Å². The first kappa shape index (κ1) is 102. The summed E-state index contributed by atoms with van der Waals surface area (Å²) < 4.78 is 62.3. The fraction of sp³-hybridized carbons (Fsp3) is 0.617. The maximum atomic E-state index is 7.00. The zero-order valence-corrected chi connectivity index (χ0v) is 78.5. The second-order valence-corrected chi connectivity index (χ2v) is 35.0. The zero-order chi connectivity index (χ0) is 87.0. The smallest absolute Gasteiger partial charge is 0.225 e.